The van der Waals surface area contributed by atoms with Crippen molar-refractivity contribution >= 4 is 16.5 Å². The van der Waals surface area contributed by atoms with Crippen LogP contribution in [0.4, 0.5) is 0 Å². The molecule has 3 heteroatoms. The molecule has 0 saturated heterocycles. The summed E-state index contributed by atoms with van der Waals surface area (Å²) in [4.78, 5) is 0. The third-order valence-corrected chi connectivity index (χ3v) is 16.9. The Morgan fingerprint density at radius 3 is 0.933 bits per heavy atom. The van der Waals surface area contributed by atoms with Gasteiger partial charge in [0.15, 0.2) is 0 Å². The van der Waals surface area contributed by atoms with Gasteiger partial charge in [-0.05, 0) is 10.1 Å². The summed E-state index contributed by atoms with van der Waals surface area (Å²) in [6, 6.07) is 0. The topological polar surface area (TPSA) is 12.0 Å². The van der Waals surface area contributed by atoms with Crippen molar-refractivity contribution < 1.29 is 0 Å². The maximum Gasteiger partial charge on any atom is 0.118 e. The summed E-state index contributed by atoms with van der Waals surface area (Å²) < 4.78 is 4.09. The van der Waals surface area contributed by atoms with E-state index >= 15 is 0 Å². The first-order valence-corrected chi connectivity index (χ1v) is 12.0. The smallest absolute Gasteiger partial charge is 0.118 e. The molecule has 15 heavy (non-hydrogen) atoms. The van der Waals surface area contributed by atoms with E-state index in [-0.39, 0.29) is 0 Å². The Hall–Kier alpha value is 0.394. The highest BCUT2D eigenvalue weighted by atomic mass is 28.4. The van der Waals surface area contributed by atoms with Gasteiger partial charge in [0.05, 0.1) is 0 Å². The number of nitrogens with one attached hydrogen (secondary N) is 1. The van der Waals surface area contributed by atoms with Crippen LogP contribution < -0.4 is 4.65 Å². The van der Waals surface area contributed by atoms with Gasteiger partial charge in [-0.1, -0.05) is 67.7 Å². The van der Waals surface area contributed by atoms with Crippen LogP contribution in [0.1, 0.15) is 41.5 Å². The highest BCUT2D eigenvalue weighted by molar-refractivity contribution is 6.93. The zero-order valence-corrected chi connectivity index (χ0v) is 14.5. The normalized spacial score (nSPS) is 15.6. The predicted molar refractivity (Wildman–Crippen MR) is 77.5 cm³/mol. The highest BCUT2D eigenvalue weighted by Gasteiger charge is 2.44. The standard InChI is InChI=1S/C12H31NSi2/c1-11(2,3)14(7,8)13-15(9,10)12(4,5)6/h13H,1-10H3. The maximum atomic E-state index is 4.09. The molecular weight excluding hydrogens is 214 g/mol. The minimum atomic E-state index is -1.34. The molecule has 0 aliphatic rings. The van der Waals surface area contributed by atoms with Gasteiger partial charge >= 0.3 is 0 Å². The molecule has 1 nitrogen and oxygen atoms in total. The zero-order chi connectivity index (χ0) is 12.7. The Morgan fingerprint density at radius 2 is 0.800 bits per heavy atom. The lowest BCUT2D eigenvalue weighted by molar-refractivity contribution is 0.682. The molecule has 0 aromatic heterocycles. The lowest BCUT2D eigenvalue weighted by atomic mass is 10.2. The molecule has 0 aliphatic heterocycles. The molecule has 0 amide bonds. The Bertz CT molecular complexity index is 195. The average Bonchev–Trinajstić information content (AvgIpc) is 1.77. The van der Waals surface area contributed by atoms with Crippen LogP contribution in [0.2, 0.25) is 36.3 Å². The molecule has 0 unspecified atom stereocenters. The summed E-state index contributed by atoms with van der Waals surface area (Å²) in [5.41, 5.74) is 0. The van der Waals surface area contributed by atoms with Crippen molar-refractivity contribution in [3.8, 4) is 0 Å². The summed E-state index contributed by atoms with van der Waals surface area (Å²) in [6.45, 7) is 24.1. The second-order valence-corrected chi connectivity index (χ2v) is 18.4. The molecule has 0 aromatic rings. The Labute approximate surface area is 99.2 Å². The molecule has 0 bridgehead atoms. The molecule has 0 fully saturated rings. The summed E-state index contributed by atoms with van der Waals surface area (Å²) in [7, 11) is -2.68. The van der Waals surface area contributed by atoms with Gasteiger partial charge in [0.25, 0.3) is 0 Å². The fourth-order valence-corrected chi connectivity index (χ4v) is 10.4. The SMILES string of the molecule is CC(C)(C)[Si](C)(C)N[Si](C)(C)C(C)(C)C. The third-order valence-electron chi connectivity index (χ3n) is 4.38. The van der Waals surface area contributed by atoms with Crippen LogP contribution in [0.5, 0.6) is 0 Å². The number of rotatable bonds is 2. The molecule has 0 aromatic carbocycles. The van der Waals surface area contributed by atoms with E-state index in [0.29, 0.717) is 10.1 Å². The molecule has 92 valence electrons. The lowest BCUT2D eigenvalue weighted by Crippen LogP contribution is -2.66. The summed E-state index contributed by atoms with van der Waals surface area (Å²) in [5.74, 6) is 0. The highest BCUT2D eigenvalue weighted by Crippen LogP contribution is 2.40. The molecule has 0 heterocycles. The van der Waals surface area contributed by atoms with Gasteiger partial charge in [-0.2, -0.15) is 0 Å². The first-order valence-electron chi connectivity index (χ1n) is 6.00. The van der Waals surface area contributed by atoms with Crippen molar-refractivity contribution in [2.75, 3.05) is 0 Å². The fraction of sp³-hybridized carbons (Fsp3) is 1.00. The summed E-state index contributed by atoms with van der Waals surface area (Å²) >= 11 is 0. The summed E-state index contributed by atoms with van der Waals surface area (Å²) in [6.07, 6.45) is 0. The van der Waals surface area contributed by atoms with Crippen LogP contribution >= 0.6 is 0 Å². The monoisotopic (exact) mass is 245 g/mol. The number of hydrogen-bond donors (Lipinski definition) is 1. The quantitative estimate of drug-likeness (QED) is 0.702. The van der Waals surface area contributed by atoms with Crippen molar-refractivity contribution in [2.24, 2.45) is 0 Å². The Morgan fingerprint density at radius 1 is 0.600 bits per heavy atom. The van der Waals surface area contributed by atoms with E-state index in [9.17, 15) is 0 Å². The predicted octanol–water partition coefficient (Wildman–Crippen LogP) is 4.59. The minimum Gasteiger partial charge on any atom is -0.359 e. The van der Waals surface area contributed by atoms with Crippen molar-refractivity contribution in [2.45, 2.75) is 77.8 Å². The van der Waals surface area contributed by atoms with E-state index in [2.05, 4.69) is 72.4 Å². The fourth-order valence-electron chi connectivity index (χ4n) is 1.16. The van der Waals surface area contributed by atoms with E-state index in [0.717, 1.165) is 0 Å². The van der Waals surface area contributed by atoms with Gasteiger partial charge in [0.1, 0.15) is 16.5 Å². The Kier molecular flexibility index (Phi) is 4.11. The summed E-state index contributed by atoms with van der Waals surface area (Å²) in [5, 5.41) is 0.866. The zero-order valence-electron chi connectivity index (χ0n) is 12.5. The molecule has 0 saturated carbocycles. The minimum absolute atomic E-state index is 0.433. The molecule has 0 atom stereocenters. The van der Waals surface area contributed by atoms with Crippen molar-refractivity contribution in [1.29, 1.82) is 0 Å². The van der Waals surface area contributed by atoms with E-state index < -0.39 is 16.5 Å². The van der Waals surface area contributed by atoms with E-state index in [1.54, 1.807) is 0 Å². The first kappa shape index (κ1) is 15.4. The molecule has 0 spiro atoms. The molecule has 0 aliphatic carbocycles. The van der Waals surface area contributed by atoms with Gasteiger partial charge in [-0.15, -0.1) is 0 Å². The van der Waals surface area contributed by atoms with E-state index in [1.807, 2.05) is 0 Å². The van der Waals surface area contributed by atoms with Gasteiger partial charge in [0, 0.05) is 0 Å². The van der Waals surface area contributed by atoms with Gasteiger partial charge in [-0.25, -0.2) is 0 Å². The third kappa shape index (κ3) is 3.72. The molecule has 0 radical (unpaired) electrons. The second-order valence-electron chi connectivity index (χ2n) is 7.88. The lowest BCUT2D eigenvalue weighted by Gasteiger charge is -2.48. The van der Waals surface area contributed by atoms with Crippen LogP contribution in [0.25, 0.3) is 0 Å². The average molecular weight is 246 g/mol. The molecule has 1 N–H and O–H groups in total. The maximum absolute atomic E-state index is 4.09. The van der Waals surface area contributed by atoms with Crippen LogP contribution in [0.15, 0.2) is 0 Å². The molecular formula is C12H31NSi2. The van der Waals surface area contributed by atoms with Gasteiger partial charge in [-0.3, -0.25) is 0 Å². The first-order chi connectivity index (χ1) is 6.21. The van der Waals surface area contributed by atoms with E-state index in [1.165, 1.54) is 0 Å². The van der Waals surface area contributed by atoms with Crippen LogP contribution in [-0.4, -0.2) is 16.5 Å². The van der Waals surface area contributed by atoms with Gasteiger partial charge < -0.3 is 4.65 Å². The van der Waals surface area contributed by atoms with Crippen LogP contribution in [0.3, 0.4) is 0 Å². The van der Waals surface area contributed by atoms with Crippen molar-refractivity contribution in [3.63, 3.8) is 0 Å². The van der Waals surface area contributed by atoms with Gasteiger partial charge in [0.2, 0.25) is 0 Å². The Balaban J connectivity index is 4.89. The van der Waals surface area contributed by atoms with Crippen molar-refractivity contribution in [3.05, 3.63) is 0 Å². The van der Waals surface area contributed by atoms with E-state index in [4.69, 9.17) is 0 Å². The molecule has 0 rings (SSSR count). The largest absolute Gasteiger partial charge is 0.359 e. The van der Waals surface area contributed by atoms with Crippen LogP contribution in [-0.2, 0) is 0 Å². The van der Waals surface area contributed by atoms with Crippen molar-refractivity contribution in [1.82, 2.24) is 4.65 Å². The second kappa shape index (κ2) is 4.00. The number of hydrogen-bond acceptors (Lipinski definition) is 1. The van der Waals surface area contributed by atoms with Crippen LogP contribution in [0, 0.1) is 0 Å².